The summed E-state index contributed by atoms with van der Waals surface area (Å²) in [5, 5.41) is 7.06. The molecule has 0 aliphatic heterocycles. The molecule has 2 aromatic heterocycles. The zero-order valence-electron chi connectivity index (χ0n) is 9.98. The van der Waals surface area contributed by atoms with Gasteiger partial charge in [0, 0.05) is 18.3 Å². The highest BCUT2D eigenvalue weighted by atomic mass is 19.2. The van der Waals surface area contributed by atoms with Gasteiger partial charge in [-0.15, -0.1) is 0 Å². The van der Waals surface area contributed by atoms with Crippen LogP contribution in [0.4, 0.5) is 14.5 Å². The minimum Gasteiger partial charge on any atom is -0.378 e. The van der Waals surface area contributed by atoms with E-state index in [4.69, 9.17) is 0 Å². The van der Waals surface area contributed by atoms with Crippen molar-refractivity contribution in [1.29, 1.82) is 0 Å². The maximum Gasteiger partial charge on any atom is 0.181 e. The summed E-state index contributed by atoms with van der Waals surface area (Å²) < 4.78 is 28.3. The van der Waals surface area contributed by atoms with Gasteiger partial charge in [-0.05, 0) is 24.3 Å². The third-order valence-corrected chi connectivity index (χ3v) is 2.93. The number of rotatable bonds is 3. The zero-order chi connectivity index (χ0) is 13.2. The summed E-state index contributed by atoms with van der Waals surface area (Å²) in [6.45, 7) is 0.383. The number of benzene rings is 1. The van der Waals surface area contributed by atoms with Gasteiger partial charge in [0.25, 0.3) is 0 Å². The first-order valence-electron chi connectivity index (χ1n) is 5.85. The lowest BCUT2D eigenvalue weighted by Crippen LogP contribution is -2.02. The molecule has 0 radical (unpaired) electrons. The SMILES string of the molecule is Fc1cccc(NCc2cnn3ccccc23)c1F. The van der Waals surface area contributed by atoms with Crippen molar-refractivity contribution < 1.29 is 8.78 Å². The summed E-state index contributed by atoms with van der Waals surface area (Å²) in [5.74, 6) is -1.72. The van der Waals surface area contributed by atoms with Crippen LogP contribution in [0.5, 0.6) is 0 Å². The highest BCUT2D eigenvalue weighted by Gasteiger charge is 2.08. The molecule has 3 nitrogen and oxygen atoms in total. The number of pyridine rings is 1. The van der Waals surface area contributed by atoms with Crippen LogP contribution in [0.1, 0.15) is 5.56 Å². The molecule has 96 valence electrons. The van der Waals surface area contributed by atoms with E-state index in [2.05, 4.69) is 10.4 Å². The van der Waals surface area contributed by atoms with Crippen molar-refractivity contribution >= 4 is 11.2 Å². The molecule has 0 saturated carbocycles. The topological polar surface area (TPSA) is 29.3 Å². The summed E-state index contributed by atoms with van der Waals surface area (Å²) in [6, 6.07) is 9.77. The smallest absolute Gasteiger partial charge is 0.181 e. The first kappa shape index (κ1) is 11.6. The lowest BCUT2D eigenvalue weighted by Gasteiger charge is -2.06. The normalized spacial score (nSPS) is 10.8. The monoisotopic (exact) mass is 259 g/mol. The van der Waals surface area contributed by atoms with E-state index in [0.29, 0.717) is 6.54 Å². The van der Waals surface area contributed by atoms with Gasteiger partial charge in [0.15, 0.2) is 11.6 Å². The number of anilines is 1. The minimum atomic E-state index is -0.862. The van der Waals surface area contributed by atoms with Crippen LogP contribution in [-0.4, -0.2) is 9.61 Å². The maximum atomic E-state index is 13.5. The van der Waals surface area contributed by atoms with Crippen molar-refractivity contribution in [2.45, 2.75) is 6.54 Å². The van der Waals surface area contributed by atoms with Crippen LogP contribution in [0.3, 0.4) is 0 Å². The van der Waals surface area contributed by atoms with Crippen LogP contribution < -0.4 is 5.32 Å². The van der Waals surface area contributed by atoms with Crippen LogP contribution in [-0.2, 0) is 6.54 Å². The molecule has 0 unspecified atom stereocenters. The summed E-state index contributed by atoms with van der Waals surface area (Å²) in [5.41, 5.74) is 2.01. The largest absolute Gasteiger partial charge is 0.378 e. The molecule has 0 spiro atoms. The number of hydrogen-bond acceptors (Lipinski definition) is 2. The van der Waals surface area contributed by atoms with Gasteiger partial charge in [-0.3, -0.25) is 0 Å². The third-order valence-electron chi connectivity index (χ3n) is 2.93. The molecule has 0 atom stereocenters. The first-order chi connectivity index (χ1) is 9.25. The van der Waals surface area contributed by atoms with E-state index in [1.807, 2.05) is 24.4 Å². The van der Waals surface area contributed by atoms with E-state index in [-0.39, 0.29) is 5.69 Å². The molecule has 0 aliphatic carbocycles. The summed E-state index contributed by atoms with van der Waals surface area (Å²) in [6.07, 6.45) is 3.54. The van der Waals surface area contributed by atoms with Crippen LogP contribution in [0.15, 0.2) is 48.8 Å². The lowest BCUT2D eigenvalue weighted by atomic mass is 10.2. The fourth-order valence-electron chi connectivity index (χ4n) is 1.95. The van der Waals surface area contributed by atoms with E-state index in [0.717, 1.165) is 17.1 Å². The van der Waals surface area contributed by atoms with Gasteiger partial charge in [-0.25, -0.2) is 13.3 Å². The van der Waals surface area contributed by atoms with Crippen molar-refractivity contribution in [2.24, 2.45) is 0 Å². The number of aromatic nitrogens is 2. The molecule has 1 N–H and O–H groups in total. The van der Waals surface area contributed by atoms with E-state index in [1.165, 1.54) is 12.1 Å². The Hall–Kier alpha value is -2.43. The Bertz CT molecular complexity index is 722. The molecule has 3 aromatic rings. The van der Waals surface area contributed by atoms with Crippen molar-refractivity contribution in [3.63, 3.8) is 0 Å². The average Bonchev–Trinajstić information content (AvgIpc) is 2.84. The van der Waals surface area contributed by atoms with Gasteiger partial charge < -0.3 is 5.32 Å². The molecule has 5 heteroatoms. The standard InChI is InChI=1S/C14H11F2N3/c15-11-4-3-5-12(14(11)16)17-8-10-9-18-19-7-2-1-6-13(10)19/h1-7,9,17H,8H2. The molecule has 3 rings (SSSR count). The predicted molar refractivity (Wildman–Crippen MR) is 68.9 cm³/mol. The second kappa shape index (κ2) is 4.68. The summed E-state index contributed by atoms with van der Waals surface area (Å²) in [4.78, 5) is 0. The van der Waals surface area contributed by atoms with Crippen molar-refractivity contribution in [1.82, 2.24) is 9.61 Å². The summed E-state index contributed by atoms with van der Waals surface area (Å²) in [7, 11) is 0. The Balaban J connectivity index is 1.84. The van der Waals surface area contributed by atoms with Crippen molar-refractivity contribution in [3.05, 3.63) is 66.0 Å². The van der Waals surface area contributed by atoms with E-state index < -0.39 is 11.6 Å². The second-order valence-electron chi connectivity index (χ2n) is 4.16. The Morgan fingerprint density at radius 3 is 2.89 bits per heavy atom. The van der Waals surface area contributed by atoms with Gasteiger partial charge in [-0.2, -0.15) is 5.10 Å². The van der Waals surface area contributed by atoms with Crippen LogP contribution in [0, 0.1) is 11.6 Å². The third kappa shape index (κ3) is 2.14. The number of halogens is 2. The zero-order valence-corrected chi connectivity index (χ0v) is 9.98. The van der Waals surface area contributed by atoms with Gasteiger partial charge in [0.1, 0.15) is 0 Å². The highest BCUT2D eigenvalue weighted by molar-refractivity contribution is 5.55. The predicted octanol–water partition coefficient (Wildman–Crippen LogP) is 3.22. The average molecular weight is 259 g/mol. The van der Waals surface area contributed by atoms with Crippen LogP contribution in [0.25, 0.3) is 5.52 Å². The Kier molecular flexibility index (Phi) is 2.87. The van der Waals surface area contributed by atoms with Crippen LogP contribution in [0.2, 0.25) is 0 Å². The Morgan fingerprint density at radius 2 is 2.00 bits per heavy atom. The molecule has 19 heavy (non-hydrogen) atoms. The number of hydrogen-bond donors (Lipinski definition) is 1. The number of nitrogens with one attached hydrogen (secondary N) is 1. The molecule has 0 saturated heterocycles. The second-order valence-corrected chi connectivity index (χ2v) is 4.16. The van der Waals surface area contributed by atoms with Gasteiger partial charge >= 0.3 is 0 Å². The molecule has 1 aromatic carbocycles. The molecule has 0 fully saturated rings. The number of nitrogens with zero attached hydrogens (tertiary/aromatic N) is 2. The van der Waals surface area contributed by atoms with Crippen molar-refractivity contribution in [3.8, 4) is 0 Å². The molecule has 2 heterocycles. The van der Waals surface area contributed by atoms with Gasteiger partial charge in [0.05, 0.1) is 17.4 Å². The van der Waals surface area contributed by atoms with E-state index in [9.17, 15) is 8.78 Å². The van der Waals surface area contributed by atoms with Gasteiger partial charge in [0.2, 0.25) is 0 Å². The lowest BCUT2D eigenvalue weighted by molar-refractivity contribution is 0.511. The molecular weight excluding hydrogens is 248 g/mol. The van der Waals surface area contributed by atoms with E-state index in [1.54, 1.807) is 10.7 Å². The maximum absolute atomic E-state index is 13.5. The van der Waals surface area contributed by atoms with Crippen molar-refractivity contribution in [2.75, 3.05) is 5.32 Å². The Labute approximate surface area is 108 Å². The first-order valence-corrected chi connectivity index (χ1v) is 5.85. The molecular formula is C14H11F2N3. The quantitative estimate of drug-likeness (QED) is 0.782. The molecule has 0 bridgehead atoms. The summed E-state index contributed by atoms with van der Waals surface area (Å²) >= 11 is 0. The minimum absolute atomic E-state index is 0.148. The molecule has 0 aliphatic rings. The van der Waals surface area contributed by atoms with Crippen LogP contribution >= 0.6 is 0 Å². The fourth-order valence-corrected chi connectivity index (χ4v) is 1.95. The molecule has 0 amide bonds. The highest BCUT2D eigenvalue weighted by Crippen LogP contribution is 2.18. The van der Waals surface area contributed by atoms with E-state index >= 15 is 0 Å². The number of fused-ring (bicyclic) bond motifs is 1. The van der Waals surface area contributed by atoms with Gasteiger partial charge in [-0.1, -0.05) is 12.1 Å². The fraction of sp³-hybridized carbons (Fsp3) is 0.0714. The Morgan fingerprint density at radius 1 is 1.11 bits per heavy atom.